The fourth-order valence-electron chi connectivity index (χ4n) is 1.31. The Morgan fingerprint density at radius 2 is 2.06 bits per heavy atom. The second kappa shape index (κ2) is 5.63. The van der Waals surface area contributed by atoms with E-state index in [1.807, 2.05) is 0 Å². The van der Waals surface area contributed by atoms with Gasteiger partial charge in [-0.05, 0) is 19.1 Å². The fourth-order valence-corrected chi connectivity index (χ4v) is 1.56. The summed E-state index contributed by atoms with van der Waals surface area (Å²) in [5, 5.41) is 18.2. The van der Waals surface area contributed by atoms with Crippen LogP contribution in [0, 0.1) is 0 Å². The average Bonchev–Trinajstić information content (AvgIpc) is 2.25. The van der Waals surface area contributed by atoms with E-state index in [1.54, 1.807) is 13.0 Å². The Hall–Kier alpha value is -1.62. The van der Waals surface area contributed by atoms with Gasteiger partial charge in [0, 0.05) is 17.2 Å². The van der Waals surface area contributed by atoms with E-state index in [4.69, 9.17) is 5.11 Å². The monoisotopic (exact) mass is 298 g/mol. The molecule has 0 aliphatic heterocycles. The number of ketones is 1. The van der Waals surface area contributed by atoms with Crippen molar-refractivity contribution in [3.05, 3.63) is 35.4 Å². The number of phenols is 1. The van der Waals surface area contributed by atoms with Crippen molar-refractivity contribution in [1.82, 2.24) is 0 Å². The number of aromatic hydroxyl groups is 1. The highest BCUT2D eigenvalue weighted by atomic mass is 79.9. The molecule has 0 fully saturated rings. The number of carboxylic acid groups (broad SMARTS) is 1. The fraction of sp³-hybridized carbons (Fsp3) is 0.167. The lowest BCUT2D eigenvalue weighted by atomic mass is 10.0. The zero-order chi connectivity index (χ0) is 13.0. The van der Waals surface area contributed by atoms with E-state index >= 15 is 0 Å². The molecule has 1 unspecified atom stereocenters. The van der Waals surface area contributed by atoms with Gasteiger partial charge in [-0.15, -0.1) is 0 Å². The van der Waals surface area contributed by atoms with E-state index in [2.05, 4.69) is 15.9 Å². The molecule has 1 aromatic rings. The Balaban J connectivity index is 3.26. The zero-order valence-corrected chi connectivity index (χ0v) is 10.6. The van der Waals surface area contributed by atoms with Gasteiger partial charge in [0.15, 0.2) is 5.78 Å². The molecule has 5 heteroatoms. The van der Waals surface area contributed by atoms with Crippen LogP contribution in [0.3, 0.4) is 0 Å². The highest BCUT2D eigenvalue weighted by molar-refractivity contribution is 9.10. The molecule has 2 N–H and O–H groups in total. The molecule has 1 aromatic carbocycles. The predicted molar refractivity (Wildman–Crippen MR) is 67.5 cm³/mol. The number of alkyl halides is 1. The largest absolute Gasteiger partial charge is 0.507 e. The number of phenolic OH excluding ortho intramolecular Hbond substituents is 1. The maximum Gasteiger partial charge on any atom is 0.328 e. The molecular formula is C12H11BrO4. The third kappa shape index (κ3) is 3.42. The number of benzene rings is 1. The van der Waals surface area contributed by atoms with Crippen LogP contribution in [-0.4, -0.2) is 26.8 Å². The second-order valence-corrected chi connectivity index (χ2v) is 4.76. The van der Waals surface area contributed by atoms with Crippen molar-refractivity contribution in [2.45, 2.75) is 11.8 Å². The lowest BCUT2D eigenvalue weighted by Crippen LogP contribution is -2.11. The maximum absolute atomic E-state index is 11.8. The number of carbonyl (C=O) groups is 2. The smallest absolute Gasteiger partial charge is 0.328 e. The highest BCUT2D eigenvalue weighted by Gasteiger charge is 2.16. The van der Waals surface area contributed by atoms with Gasteiger partial charge in [-0.25, -0.2) is 4.79 Å². The van der Waals surface area contributed by atoms with Gasteiger partial charge in [-0.3, -0.25) is 4.79 Å². The van der Waals surface area contributed by atoms with Crippen molar-refractivity contribution in [2.75, 3.05) is 0 Å². The average molecular weight is 299 g/mol. The van der Waals surface area contributed by atoms with Gasteiger partial charge in [-0.1, -0.05) is 28.1 Å². The van der Waals surface area contributed by atoms with Crippen molar-refractivity contribution >= 4 is 33.8 Å². The molecule has 0 heterocycles. The van der Waals surface area contributed by atoms with Crippen molar-refractivity contribution in [3.8, 4) is 5.75 Å². The molecule has 1 rings (SSSR count). The third-order valence-corrected chi connectivity index (χ3v) is 2.52. The van der Waals surface area contributed by atoms with Gasteiger partial charge in [0.2, 0.25) is 0 Å². The van der Waals surface area contributed by atoms with E-state index < -0.39 is 10.8 Å². The minimum absolute atomic E-state index is 0.124. The van der Waals surface area contributed by atoms with E-state index in [1.165, 1.54) is 18.2 Å². The van der Waals surface area contributed by atoms with Crippen molar-refractivity contribution in [2.24, 2.45) is 0 Å². The van der Waals surface area contributed by atoms with E-state index in [-0.39, 0.29) is 22.7 Å². The first-order chi connectivity index (χ1) is 7.93. The summed E-state index contributed by atoms with van der Waals surface area (Å²) in [4.78, 5) is 21.9. The summed E-state index contributed by atoms with van der Waals surface area (Å²) in [6.45, 7) is 1.66. The van der Waals surface area contributed by atoms with Crippen LogP contribution in [0.5, 0.6) is 5.75 Å². The summed E-state index contributed by atoms with van der Waals surface area (Å²) in [5.41, 5.74) is 0.498. The van der Waals surface area contributed by atoms with Crippen LogP contribution in [0.15, 0.2) is 24.3 Å². The van der Waals surface area contributed by atoms with Gasteiger partial charge < -0.3 is 10.2 Å². The van der Waals surface area contributed by atoms with Gasteiger partial charge in [0.05, 0.1) is 4.83 Å². The van der Waals surface area contributed by atoms with Gasteiger partial charge >= 0.3 is 5.97 Å². The van der Waals surface area contributed by atoms with Crippen molar-refractivity contribution in [3.63, 3.8) is 0 Å². The van der Waals surface area contributed by atoms with E-state index in [0.29, 0.717) is 0 Å². The summed E-state index contributed by atoms with van der Waals surface area (Å²) in [6, 6.07) is 4.48. The Morgan fingerprint density at radius 3 is 2.59 bits per heavy atom. The molecule has 0 spiro atoms. The van der Waals surface area contributed by atoms with Crippen molar-refractivity contribution in [1.29, 1.82) is 0 Å². The molecule has 4 nitrogen and oxygen atoms in total. The Morgan fingerprint density at radius 1 is 1.41 bits per heavy atom. The molecular weight excluding hydrogens is 288 g/mol. The normalized spacial score (nSPS) is 12.6. The number of hydrogen-bond donors (Lipinski definition) is 2. The van der Waals surface area contributed by atoms with Crippen molar-refractivity contribution < 1.29 is 19.8 Å². The number of Topliss-reactive ketones (excluding diaryl/α,β-unsaturated/α-hetero) is 1. The van der Waals surface area contributed by atoms with Gasteiger partial charge in [0.25, 0.3) is 0 Å². The number of halogens is 1. The summed E-state index contributed by atoms with van der Waals surface area (Å²) in [5.74, 6) is -1.48. The Kier molecular flexibility index (Phi) is 4.45. The molecule has 0 aliphatic carbocycles. The molecule has 0 radical (unpaired) electrons. The number of aliphatic carboxylic acids is 1. The minimum Gasteiger partial charge on any atom is -0.507 e. The molecule has 0 aliphatic rings. The molecule has 0 saturated heterocycles. The summed E-state index contributed by atoms with van der Waals surface area (Å²) >= 11 is 3.14. The first-order valence-electron chi connectivity index (χ1n) is 4.84. The minimum atomic E-state index is -1.14. The summed E-state index contributed by atoms with van der Waals surface area (Å²) in [7, 11) is 0. The predicted octanol–water partition coefficient (Wildman–Crippen LogP) is 2.46. The van der Waals surface area contributed by atoms with Crippen LogP contribution in [-0.2, 0) is 4.79 Å². The number of rotatable bonds is 4. The molecule has 0 aromatic heterocycles. The molecule has 0 amide bonds. The molecule has 90 valence electrons. The first kappa shape index (κ1) is 13.4. The standard InChI is InChI=1S/C12H11BrO4/c1-7(13)12(17)9-3-2-4-10(14)8(9)5-6-11(15)16/h2-7,14H,1H3,(H,15,16). The topological polar surface area (TPSA) is 74.6 Å². The number of carboxylic acids is 1. The second-order valence-electron chi connectivity index (χ2n) is 3.39. The molecule has 1 atom stereocenters. The van der Waals surface area contributed by atoms with E-state index in [9.17, 15) is 14.7 Å². The van der Waals surface area contributed by atoms with Gasteiger partial charge in [-0.2, -0.15) is 0 Å². The lowest BCUT2D eigenvalue weighted by Gasteiger charge is -2.08. The SMILES string of the molecule is CC(Br)C(=O)c1cccc(O)c1C=CC(=O)O. The maximum atomic E-state index is 11.8. The Labute approximate surface area is 107 Å². The number of hydrogen-bond acceptors (Lipinski definition) is 3. The van der Waals surface area contributed by atoms with Crippen LogP contribution in [0.4, 0.5) is 0 Å². The van der Waals surface area contributed by atoms with Gasteiger partial charge in [0.1, 0.15) is 5.75 Å². The highest BCUT2D eigenvalue weighted by Crippen LogP contribution is 2.25. The Bertz CT molecular complexity index is 477. The van der Waals surface area contributed by atoms with Crippen LogP contribution in [0.1, 0.15) is 22.8 Å². The molecule has 0 bridgehead atoms. The van der Waals surface area contributed by atoms with Crippen LogP contribution in [0.25, 0.3) is 6.08 Å². The summed E-state index contributed by atoms with van der Waals surface area (Å²) < 4.78 is 0. The molecule has 17 heavy (non-hydrogen) atoms. The molecule has 0 saturated carbocycles. The first-order valence-corrected chi connectivity index (χ1v) is 5.76. The quantitative estimate of drug-likeness (QED) is 0.509. The number of carbonyl (C=O) groups excluding carboxylic acids is 1. The van der Waals surface area contributed by atoms with E-state index in [0.717, 1.165) is 6.08 Å². The van der Waals surface area contributed by atoms with Crippen LogP contribution < -0.4 is 0 Å². The summed E-state index contributed by atoms with van der Waals surface area (Å²) in [6.07, 6.45) is 2.09. The zero-order valence-electron chi connectivity index (χ0n) is 9.05. The third-order valence-electron chi connectivity index (χ3n) is 2.10. The van der Waals surface area contributed by atoms with Crippen LogP contribution >= 0.6 is 15.9 Å². The van der Waals surface area contributed by atoms with Crippen LogP contribution in [0.2, 0.25) is 0 Å². The lowest BCUT2D eigenvalue weighted by molar-refractivity contribution is -0.131.